The van der Waals surface area contributed by atoms with Gasteiger partial charge in [-0.2, -0.15) is 0 Å². The Bertz CT molecular complexity index is 868. The molecule has 0 radical (unpaired) electrons. The van der Waals surface area contributed by atoms with Crippen molar-refractivity contribution in [3.63, 3.8) is 0 Å². The van der Waals surface area contributed by atoms with Gasteiger partial charge in [-0.05, 0) is 58.7 Å². The summed E-state index contributed by atoms with van der Waals surface area (Å²) in [6.07, 6.45) is 3.05. The van der Waals surface area contributed by atoms with E-state index in [1.807, 2.05) is 24.0 Å². The van der Waals surface area contributed by atoms with E-state index in [4.69, 9.17) is 4.99 Å². The highest BCUT2D eigenvalue weighted by Crippen LogP contribution is 2.50. The number of pyridine rings is 1. The van der Waals surface area contributed by atoms with Crippen LogP contribution in [0.3, 0.4) is 0 Å². The third-order valence-corrected chi connectivity index (χ3v) is 7.33. The van der Waals surface area contributed by atoms with Crippen LogP contribution < -0.4 is 0 Å². The van der Waals surface area contributed by atoms with Gasteiger partial charge in [0.25, 0.3) is 0 Å². The summed E-state index contributed by atoms with van der Waals surface area (Å²) >= 11 is 1.91. The van der Waals surface area contributed by atoms with Crippen LogP contribution in [0.5, 0.6) is 0 Å². The molecule has 0 spiro atoms. The Morgan fingerprint density at radius 2 is 1.96 bits per heavy atom. The molecule has 0 unspecified atom stereocenters. The molecular weight excluding hydrogens is 352 g/mol. The number of fused-ring (bicyclic) bond motifs is 1. The SMILES string of the molecule is CC[C@@H]1CSC2=N[C@H](c3ccccn3)[C@H](c3c(C)c(C)n(C(C)C)c3C)N21. The van der Waals surface area contributed by atoms with Gasteiger partial charge in [-0.15, -0.1) is 0 Å². The van der Waals surface area contributed by atoms with Gasteiger partial charge in [-0.25, -0.2) is 0 Å². The molecule has 0 N–H and O–H groups in total. The van der Waals surface area contributed by atoms with Crippen LogP contribution in [-0.2, 0) is 0 Å². The van der Waals surface area contributed by atoms with Crippen LogP contribution in [-0.4, -0.2) is 31.4 Å². The third kappa shape index (κ3) is 2.82. The quantitative estimate of drug-likeness (QED) is 0.713. The molecule has 0 bridgehead atoms. The number of aromatic nitrogens is 2. The zero-order valence-corrected chi connectivity index (χ0v) is 18.0. The molecular formula is C22H30N4S. The lowest BCUT2D eigenvalue weighted by Crippen LogP contribution is -2.35. The Morgan fingerprint density at radius 1 is 1.19 bits per heavy atom. The summed E-state index contributed by atoms with van der Waals surface area (Å²) in [5.74, 6) is 1.14. The molecule has 4 nitrogen and oxygen atoms in total. The van der Waals surface area contributed by atoms with Crippen molar-refractivity contribution in [1.29, 1.82) is 0 Å². The van der Waals surface area contributed by atoms with E-state index in [0.717, 1.165) is 17.9 Å². The molecule has 4 rings (SSSR count). The molecule has 5 heteroatoms. The fourth-order valence-corrected chi connectivity index (χ4v) is 6.24. The number of aliphatic imine (C=N–C) groups is 1. The van der Waals surface area contributed by atoms with Crippen molar-refractivity contribution >= 4 is 16.9 Å². The lowest BCUT2D eigenvalue weighted by atomic mass is 9.92. The van der Waals surface area contributed by atoms with Crippen molar-refractivity contribution in [2.24, 2.45) is 4.99 Å². The highest BCUT2D eigenvalue weighted by molar-refractivity contribution is 8.14. The van der Waals surface area contributed by atoms with Crippen molar-refractivity contribution in [2.75, 3.05) is 5.75 Å². The maximum Gasteiger partial charge on any atom is 0.160 e. The van der Waals surface area contributed by atoms with Crippen LogP contribution >= 0.6 is 11.8 Å². The van der Waals surface area contributed by atoms with Crippen LogP contribution in [0.25, 0.3) is 0 Å². The van der Waals surface area contributed by atoms with E-state index in [1.54, 1.807) is 0 Å². The molecule has 4 heterocycles. The maximum atomic E-state index is 5.18. The molecule has 2 aromatic heterocycles. The van der Waals surface area contributed by atoms with E-state index in [-0.39, 0.29) is 12.1 Å². The van der Waals surface area contributed by atoms with E-state index in [1.165, 1.54) is 27.7 Å². The van der Waals surface area contributed by atoms with Gasteiger partial charge in [-0.1, -0.05) is 24.8 Å². The van der Waals surface area contributed by atoms with Crippen LogP contribution in [0.15, 0.2) is 29.4 Å². The molecule has 27 heavy (non-hydrogen) atoms. The topological polar surface area (TPSA) is 33.4 Å². The van der Waals surface area contributed by atoms with Crippen molar-refractivity contribution in [3.8, 4) is 0 Å². The minimum Gasteiger partial charge on any atom is -0.346 e. The molecule has 2 aliphatic heterocycles. The first kappa shape index (κ1) is 18.6. The molecule has 0 amide bonds. The van der Waals surface area contributed by atoms with Crippen LogP contribution in [0.1, 0.15) is 73.5 Å². The van der Waals surface area contributed by atoms with Gasteiger partial charge in [0.05, 0.1) is 11.7 Å². The summed E-state index contributed by atoms with van der Waals surface area (Å²) in [6.45, 7) is 13.7. The number of hydrogen-bond acceptors (Lipinski definition) is 4. The largest absolute Gasteiger partial charge is 0.346 e. The van der Waals surface area contributed by atoms with Gasteiger partial charge in [0, 0.05) is 41.0 Å². The highest BCUT2D eigenvalue weighted by atomic mass is 32.2. The maximum absolute atomic E-state index is 5.18. The molecule has 144 valence electrons. The van der Waals surface area contributed by atoms with Crippen LogP contribution in [0.4, 0.5) is 0 Å². The molecule has 2 aromatic rings. The summed E-state index contributed by atoms with van der Waals surface area (Å²) in [5.41, 5.74) is 6.71. The Kier molecular flexibility index (Phi) is 4.83. The standard InChI is InChI=1S/C22H30N4S/c1-7-17-12-27-22-24-20(18-10-8-9-11-23-18)21(26(17)22)19-14(4)15(5)25(13(2)3)16(19)6/h8-11,13,17,20-21H,7,12H2,1-6H3/t17-,20-,21+/m1/s1. The van der Waals surface area contributed by atoms with Gasteiger partial charge >= 0.3 is 0 Å². The predicted molar refractivity (Wildman–Crippen MR) is 115 cm³/mol. The fourth-order valence-electron chi connectivity index (χ4n) is 4.90. The molecule has 0 aromatic carbocycles. The van der Waals surface area contributed by atoms with Crippen molar-refractivity contribution in [1.82, 2.24) is 14.5 Å². The van der Waals surface area contributed by atoms with Crippen molar-refractivity contribution < 1.29 is 0 Å². The van der Waals surface area contributed by atoms with E-state index in [9.17, 15) is 0 Å². The Labute approximate surface area is 167 Å². The third-order valence-electron chi connectivity index (χ3n) is 6.20. The summed E-state index contributed by atoms with van der Waals surface area (Å²) in [7, 11) is 0. The normalized spacial score (nSPS) is 24.6. The average Bonchev–Trinajstić information content (AvgIpc) is 3.27. The summed E-state index contributed by atoms with van der Waals surface area (Å²) in [6, 6.07) is 7.53. The predicted octanol–water partition coefficient (Wildman–Crippen LogP) is 5.37. The molecule has 1 saturated heterocycles. The van der Waals surface area contributed by atoms with Gasteiger partial charge in [0.1, 0.15) is 6.04 Å². The second-order valence-corrected chi connectivity index (χ2v) is 9.00. The zero-order chi connectivity index (χ0) is 19.3. The zero-order valence-electron chi connectivity index (χ0n) is 17.2. The lowest BCUT2D eigenvalue weighted by molar-refractivity contribution is 0.253. The van der Waals surface area contributed by atoms with Crippen LogP contribution in [0, 0.1) is 20.8 Å². The number of amidine groups is 1. The summed E-state index contributed by atoms with van der Waals surface area (Å²) in [4.78, 5) is 12.5. The van der Waals surface area contributed by atoms with Crippen LogP contribution in [0.2, 0.25) is 0 Å². The molecule has 1 fully saturated rings. The minimum atomic E-state index is 0.0721. The van der Waals surface area contributed by atoms with Gasteiger partial charge < -0.3 is 9.47 Å². The second kappa shape index (κ2) is 7.01. The van der Waals surface area contributed by atoms with Gasteiger partial charge in [0.15, 0.2) is 5.17 Å². The lowest BCUT2D eigenvalue weighted by Gasteiger charge is -2.32. The second-order valence-electron chi connectivity index (χ2n) is 8.01. The smallest absolute Gasteiger partial charge is 0.160 e. The number of rotatable bonds is 4. The van der Waals surface area contributed by atoms with Crippen molar-refractivity contribution in [3.05, 3.63) is 52.6 Å². The summed E-state index contributed by atoms with van der Waals surface area (Å²) in [5, 5.41) is 1.20. The Morgan fingerprint density at radius 3 is 2.56 bits per heavy atom. The Hall–Kier alpha value is -1.75. The molecule has 0 aliphatic carbocycles. The molecule has 0 saturated carbocycles. The van der Waals surface area contributed by atoms with Gasteiger partial charge in [0.2, 0.25) is 0 Å². The summed E-state index contributed by atoms with van der Waals surface area (Å²) < 4.78 is 2.49. The first-order valence-corrected chi connectivity index (χ1v) is 11.0. The van der Waals surface area contributed by atoms with E-state index < -0.39 is 0 Å². The Balaban J connectivity index is 1.89. The van der Waals surface area contributed by atoms with E-state index >= 15 is 0 Å². The first-order valence-electron chi connectivity index (χ1n) is 10.0. The van der Waals surface area contributed by atoms with E-state index in [2.05, 4.69) is 68.1 Å². The minimum absolute atomic E-state index is 0.0721. The van der Waals surface area contributed by atoms with Gasteiger partial charge in [-0.3, -0.25) is 9.98 Å². The number of nitrogens with zero attached hydrogens (tertiary/aromatic N) is 4. The first-order chi connectivity index (χ1) is 13.0. The molecule has 2 aliphatic rings. The monoisotopic (exact) mass is 382 g/mol. The van der Waals surface area contributed by atoms with Crippen molar-refractivity contribution in [2.45, 2.75) is 72.1 Å². The highest BCUT2D eigenvalue weighted by Gasteiger charge is 2.47. The average molecular weight is 383 g/mol. The molecule has 3 atom stereocenters. The number of hydrogen-bond donors (Lipinski definition) is 0. The fraction of sp³-hybridized carbons (Fsp3) is 0.545. The number of thioether (sulfide) groups is 1. The van der Waals surface area contributed by atoms with E-state index in [0.29, 0.717) is 12.1 Å².